The van der Waals surface area contributed by atoms with E-state index in [4.69, 9.17) is 4.74 Å². The summed E-state index contributed by atoms with van der Waals surface area (Å²) in [5.74, 6) is 0. The van der Waals surface area contributed by atoms with E-state index in [0.717, 1.165) is 35.9 Å². The van der Waals surface area contributed by atoms with Crippen molar-refractivity contribution in [3.05, 3.63) is 45.7 Å². The molecule has 29 heavy (non-hydrogen) atoms. The number of hydrogen-bond donors (Lipinski definition) is 1. The maximum atomic E-state index is 13.4. The van der Waals surface area contributed by atoms with Gasteiger partial charge in [0, 0.05) is 36.3 Å². The molecule has 1 aromatic carbocycles. The molecule has 1 fully saturated rings. The zero-order chi connectivity index (χ0) is 21.1. The molecule has 0 spiro atoms. The Morgan fingerprint density at radius 3 is 2.55 bits per heavy atom. The van der Waals surface area contributed by atoms with Gasteiger partial charge in [-0.25, -0.2) is 4.79 Å². The number of aromatic nitrogens is 1. The van der Waals surface area contributed by atoms with Crippen LogP contribution >= 0.6 is 0 Å². The van der Waals surface area contributed by atoms with Crippen LogP contribution in [0.4, 0.5) is 4.79 Å². The Balaban J connectivity index is 1.93. The molecule has 1 N–H and O–H groups in total. The number of ether oxygens (including phenoxy) is 1. The molecule has 0 radical (unpaired) electrons. The monoisotopic (exact) mass is 399 g/mol. The number of aromatic amines is 1. The van der Waals surface area contributed by atoms with Crippen molar-refractivity contribution in [3.63, 3.8) is 0 Å². The fourth-order valence-electron chi connectivity index (χ4n) is 4.14. The van der Waals surface area contributed by atoms with Gasteiger partial charge in [-0.1, -0.05) is 11.6 Å². The van der Waals surface area contributed by atoms with E-state index in [1.54, 1.807) is 4.90 Å². The lowest BCUT2D eigenvalue weighted by Gasteiger charge is -2.37. The molecular formula is C23H33N3O3. The number of H-pyrrole nitrogens is 1. The number of carbonyl (C=O) groups is 1. The highest BCUT2D eigenvalue weighted by Crippen LogP contribution is 2.19. The Morgan fingerprint density at radius 1 is 1.21 bits per heavy atom. The lowest BCUT2D eigenvalue weighted by atomic mass is 10.1. The Hall–Kier alpha value is -2.34. The third-order valence-electron chi connectivity index (χ3n) is 5.49. The number of pyridine rings is 1. The van der Waals surface area contributed by atoms with Crippen LogP contribution in [0.25, 0.3) is 10.9 Å². The van der Waals surface area contributed by atoms with Gasteiger partial charge in [0.1, 0.15) is 0 Å². The minimum atomic E-state index is -0.146. The fraction of sp³-hybridized carbons (Fsp3) is 0.565. The summed E-state index contributed by atoms with van der Waals surface area (Å²) in [7, 11) is 0. The molecule has 1 atom stereocenters. The summed E-state index contributed by atoms with van der Waals surface area (Å²) in [4.78, 5) is 32.8. The van der Waals surface area contributed by atoms with E-state index in [1.165, 1.54) is 0 Å². The third kappa shape index (κ3) is 4.99. The highest BCUT2D eigenvalue weighted by molar-refractivity contribution is 5.80. The number of aryl methyl sites for hydroxylation is 1. The van der Waals surface area contributed by atoms with E-state index >= 15 is 0 Å². The molecule has 2 amide bonds. The number of nitrogens with one attached hydrogen (secondary N) is 1. The van der Waals surface area contributed by atoms with Crippen molar-refractivity contribution in [1.29, 1.82) is 0 Å². The van der Waals surface area contributed by atoms with E-state index in [1.807, 2.05) is 57.7 Å². The highest BCUT2D eigenvalue weighted by atomic mass is 16.5. The van der Waals surface area contributed by atoms with Gasteiger partial charge in [-0.05, 0) is 71.0 Å². The SMILES string of the molecule is Cc1ccc2[nH]c(=O)c(CN(C[C@@H]3CCCO3)C(=O)N(C(C)C)C(C)C)cc2c1. The van der Waals surface area contributed by atoms with Crippen molar-refractivity contribution in [2.45, 2.75) is 72.2 Å². The zero-order valence-corrected chi connectivity index (χ0v) is 18.2. The van der Waals surface area contributed by atoms with Gasteiger partial charge in [-0.3, -0.25) is 4.79 Å². The van der Waals surface area contributed by atoms with E-state index in [2.05, 4.69) is 11.1 Å². The van der Waals surface area contributed by atoms with Crippen LogP contribution in [0.3, 0.4) is 0 Å². The highest BCUT2D eigenvalue weighted by Gasteiger charge is 2.29. The van der Waals surface area contributed by atoms with Crippen LogP contribution in [0.2, 0.25) is 0 Å². The molecule has 0 saturated carbocycles. The first-order valence-corrected chi connectivity index (χ1v) is 10.6. The summed E-state index contributed by atoms with van der Waals surface area (Å²) >= 11 is 0. The van der Waals surface area contributed by atoms with E-state index in [9.17, 15) is 9.59 Å². The van der Waals surface area contributed by atoms with E-state index < -0.39 is 0 Å². The smallest absolute Gasteiger partial charge is 0.320 e. The Bertz CT molecular complexity index is 905. The third-order valence-corrected chi connectivity index (χ3v) is 5.49. The molecule has 0 aliphatic carbocycles. The standard InChI is InChI=1S/C23H33N3O3/c1-15(2)26(16(3)4)23(28)25(14-20-7-6-10-29-20)13-19-12-18-11-17(5)8-9-21(18)24-22(19)27/h8-9,11-12,15-16,20H,6-7,10,13-14H2,1-5H3,(H,24,27)/t20-/m0/s1. The lowest BCUT2D eigenvalue weighted by Crippen LogP contribution is -2.51. The van der Waals surface area contributed by atoms with Gasteiger partial charge in [0.2, 0.25) is 0 Å². The number of carbonyl (C=O) groups excluding carboxylic acids is 1. The molecule has 6 heteroatoms. The van der Waals surface area contributed by atoms with Gasteiger partial charge >= 0.3 is 6.03 Å². The van der Waals surface area contributed by atoms with Crippen LogP contribution in [0, 0.1) is 6.92 Å². The van der Waals surface area contributed by atoms with Gasteiger partial charge in [0.05, 0.1) is 12.6 Å². The minimum Gasteiger partial charge on any atom is -0.376 e. The normalized spacial score (nSPS) is 16.7. The molecule has 1 aliphatic rings. The first kappa shape index (κ1) is 21.4. The van der Waals surface area contributed by atoms with Crippen LogP contribution in [0.15, 0.2) is 29.1 Å². The van der Waals surface area contributed by atoms with Crippen molar-refractivity contribution in [1.82, 2.24) is 14.8 Å². The quantitative estimate of drug-likeness (QED) is 0.797. The number of fused-ring (bicyclic) bond motifs is 1. The summed E-state index contributed by atoms with van der Waals surface area (Å²) in [6.45, 7) is 11.6. The van der Waals surface area contributed by atoms with E-state index in [0.29, 0.717) is 12.1 Å². The average molecular weight is 400 g/mol. The molecule has 2 aromatic rings. The molecule has 1 aliphatic heterocycles. The fourth-order valence-corrected chi connectivity index (χ4v) is 4.14. The number of benzene rings is 1. The second-order valence-corrected chi connectivity index (χ2v) is 8.61. The zero-order valence-electron chi connectivity index (χ0n) is 18.2. The van der Waals surface area contributed by atoms with Crippen LogP contribution in [0.5, 0.6) is 0 Å². The second-order valence-electron chi connectivity index (χ2n) is 8.61. The summed E-state index contributed by atoms with van der Waals surface area (Å²) in [6.07, 6.45) is 1.99. The van der Waals surface area contributed by atoms with Crippen molar-refractivity contribution in [3.8, 4) is 0 Å². The number of rotatable bonds is 6. The summed E-state index contributed by atoms with van der Waals surface area (Å²) in [5, 5.41) is 0.980. The molecule has 158 valence electrons. The summed E-state index contributed by atoms with van der Waals surface area (Å²) in [5.41, 5.74) is 2.40. The first-order chi connectivity index (χ1) is 13.8. The van der Waals surface area contributed by atoms with Crippen LogP contribution in [-0.2, 0) is 11.3 Å². The molecule has 6 nitrogen and oxygen atoms in total. The molecular weight excluding hydrogens is 366 g/mol. The van der Waals surface area contributed by atoms with Gasteiger partial charge in [0.25, 0.3) is 5.56 Å². The Labute approximate surface area is 172 Å². The Kier molecular flexibility index (Phi) is 6.63. The maximum absolute atomic E-state index is 13.4. The van der Waals surface area contributed by atoms with E-state index in [-0.39, 0.29) is 36.3 Å². The van der Waals surface area contributed by atoms with Gasteiger partial charge in [-0.15, -0.1) is 0 Å². The number of nitrogens with zero attached hydrogens (tertiary/aromatic N) is 2. The predicted octanol–water partition coefficient (Wildman–Crippen LogP) is 4.06. The average Bonchev–Trinajstić information content (AvgIpc) is 3.14. The minimum absolute atomic E-state index is 0.0295. The number of amides is 2. The molecule has 3 rings (SSSR count). The molecule has 2 heterocycles. The van der Waals surface area contributed by atoms with Crippen molar-refractivity contribution in [2.75, 3.05) is 13.2 Å². The Morgan fingerprint density at radius 2 is 1.93 bits per heavy atom. The molecule has 1 aromatic heterocycles. The molecule has 0 bridgehead atoms. The number of urea groups is 1. The topological polar surface area (TPSA) is 65.6 Å². The van der Waals surface area contributed by atoms with Gasteiger partial charge in [-0.2, -0.15) is 0 Å². The first-order valence-electron chi connectivity index (χ1n) is 10.6. The number of hydrogen-bond acceptors (Lipinski definition) is 3. The van der Waals surface area contributed by atoms with Gasteiger partial charge < -0.3 is 19.5 Å². The van der Waals surface area contributed by atoms with Crippen molar-refractivity contribution in [2.24, 2.45) is 0 Å². The largest absolute Gasteiger partial charge is 0.376 e. The van der Waals surface area contributed by atoms with Crippen LogP contribution in [-0.4, -0.2) is 52.2 Å². The second kappa shape index (κ2) is 8.99. The van der Waals surface area contributed by atoms with Crippen molar-refractivity contribution < 1.29 is 9.53 Å². The van der Waals surface area contributed by atoms with Gasteiger partial charge in [0.15, 0.2) is 0 Å². The summed E-state index contributed by atoms with van der Waals surface area (Å²) < 4.78 is 5.79. The maximum Gasteiger partial charge on any atom is 0.320 e. The predicted molar refractivity (Wildman–Crippen MR) is 116 cm³/mol. The van der Waals surface area contributed by atoms with Crippen LogP contribution < -0.4 is 5.56 Å². The van der Waals surface area contributed by atoms with Crippen molar-refractivity contribution >= 4 is 16.9 Å². The molecule has 0 unspecified atom stereocenters. The lowest BCUT2D eigenvalue weighted by molar-refractivity contribution is 0.0637. The summed E-state index contributed by atoms with van der Waals surface area (Å²) in [6, 6.07) is 7.97. The molecule has 1 saturated heterocycles. The van der Waals surface area contributed by atoms with Crippen LogP contribution in [0.1, 0.15) is 51.7 Å².